The maximum atomic E-state index is 11.9. The third-order valence-corrected chi connectivity index (χ3v) is 3.67. The van der Waals surface area contributed by atoms with Crippen LogP contribution in [0.3, 0.4) is 0 Å². The Morgan fingerprint density at radius 2 is 2.14 bits per heavy atom. The lowest BCUT2D eigenvalue weighted by Gasteiger charge is -2.16. The fraction of sp³-hybridized carbons (Fsp3) is 0.500. The maximum absolute atomic E-state index is 11.9. The number of aliphatic hydroxyl groups is 1. The van der Waals surface area contributed by atoms with Gasteiger partial charge in [-0.2, -0.15) is 0 Å². The van der Waals surface area contributed by atoms with Crippen LogP contribution in [0.15, 0.2) is 30.3 Å². The van der Waals surface area contributed by atoms with Crippen molar-refractivity contribution in [2.75, 3.05) is 19.6 Å². The van der Waals surface area contributed by atoms with E-state index in [-0.39, 0.29) is 30.7 Å². The van der Waals surface area contributed by atoms with Gasteiger partial charge in [-0.1, -0.05) is 30.3 Å². The van der Waals surface area contributed by atoms with Gasteiger partial charge in [-0.15, -0.1) is 0 Å². The number of hydrogen-bond acceptors (Lipinski definition) is 3. The third-order valence-electron chi connectivity index (χ3n) is 3.67. The van der Waals surface area contributed by atoms with Crippen molar-refractivity contribution in [1.82, 2.24) is 10.2 Å². The summed E-state index contributed by atoms with van der Waals surface area (Å²) in [5.74, 6) is -0.415. The van der Waals surface area contributed by atoms with Crippen molar-refractivity contribution >= 4 is 11.8 Å². The van der Waals surface area contributed by atoms with Gasteiger partial charge >= 0.3 is 0 Å². The molecule has 1 aromatic rings. The molecule has 0 aromatic heterocycles. The molecule has 21 heavy (non-hydrogen) atoms. The van der Waals surface area contributed by atoms with Crippen LogP contribution >= 0.6 is 0 Å². The highest BCUT2D eigenvalue weighted by atomic mass is 16.3. The number of carbonyl (C=O) groups is 2. The number of benzene rings is 1. The SMILES string of the molecule is CC(O)CNC(=O)C1CC(=O)N(CCc2ccccc2)C1. The molecule has 1 aliphatic heterocycles. The summed E-state index contributed by atoms with van der Waals surface area (Å²) in [5, 5.41) is 11.8. The second kappa shape index (κ2) is 7.22. The van der Waals surface area contributed by atoms with Gasteiger partial charge in [0.15, 0.2) is 0 Å². The first-order chi connectivity index (χ1) is 10.1. The smallest absolute Gasteiger partial charge is 0.225 e. The normalized spacial score (nSPS) is 19.6. The number of aliphatic hydroxyl groups excluding tert-OH is 1. The third kappa shape index (κ3) is 4.56. The van der Waals surface area contributed by atoms with Crippen LogP contribution in [0.2, 0.25) is 0 Å². The van der Waals surface area contributed by atoms with Crippen molar-refractivity contribution in [1.29, 1.82) is 0 Å². The number of nitrogens with zero attached hydrogens (tertiary/aromatic N) is 1. The quantitative estimate of drug-likeness (QED) is 0.805. The van der Waals surface area contributed by atoms with Crippen molar-refractivity contribution in [2.45, 2.75) is 25.9 Å². The lowest BCUT2D eigenvalue weighted by atomic mass is 10.1. The summed E-state index contributed by atoms with van der Waals surface area (Å²) in [6.45, 7) is 2.96. The Labute approximate surface area is 125 Å². The van der Waals surface area contributed by atoms with E-state index in [1.165, 1.54) is 5.56 Å². The average molecular weight is 290 g/mol. The lowest BCUT2D eigenvalue weighted by Crippen LogP contribution is -2.36. The van der Waals surface area contributed by atoms with Gasteiger partial charge in [-0.05, 0) is 18.9 Å². The van der Waals surface area contributed by atoms with E-state index in [0.717, 1.165) is 6.42 Å². The summed E-state index contributed by atoms with van der Waals surface area (Å²) >= 11 is 0. The molecule has 1 fully saturated rings. The molecule has 114 valence electrons. The van der Waals surface area contributed by atoms with Crippen LogP contribution < -0.4 is 5.32 Å². The van der Waals surface area contributed by atoms with E-state index in [1.54, 1.807) is 11.8 Å². The van der Waals surface area contributed by atoms with Crippen LogP contribution in [0, 0.1) is 5.92 Å². The van der Waals surface area contributed by atoms with Gasteiger partial charge in [-0.3, -0.25) is 9.59 Å². The van der Waals surface area contributed by atoms with E-state index in [2.05, 4.69) is 5.32 Å². The number of likely N-dealkylation sites (tertiary alicyclic amines) is 1. The standard InChI is InChI=1S/C16H22N2O3/c1-12(19)10-17-16(21)14-9-15(20)18(11-14)8-7-13-5-3-2-4-6-13/h2-6,12,14,19H,7-11H2,1H3,(H,17,21). The fourth-order valence-electron chi connectivity index (χ4n) is 2.47. The number of amides is 2. The van der Waals surface area contributed by atoms with E-state index in [0.29, 0.717) is 13.1 Å². The summed E-state index contributed by atoms with van der Waals surface area (Å²) in [6, 6.07) is 9.99. The zero-order valence-corrected chi connectivity index (χ0v) is 12.3. The van der Waals surface area contributed by atoms with Crippen molar-refractivity contribution in [2.24, 2.45) is 5.92 Å². The van der Waals surface area contributed by atoms with E-state index in [1.807, 2.05) is 30.3 Å². The van der Waals surface area contributed by atoms with Crippen LogP contribution in [-0.2, 0) is 16.0 Å². The Kier molecular flexibility index (Phi) is 5.33. The largest absolute Gasteiger partial charge is 0.392 e. The molecule has 0 bridgehead atoms. The van der Waals surface area contributed by atoms with Crippen LogP contribution in [0.25, 0.3) is 0 Å². The molecule has 2 atom stereocenters. The van der Waals surface area contributed by atoms with Gasteiger partial charge in [-0.25, -0.2) is 0 Å². The second-order valence-electron chi connectivity index (χ2n) is 5.57. The maximum Gasteiger partial charge on any atom is 0.225 e. The van der Waals surface area contributed by atoms with Gasteiger partial charge in [0.05, 0.1) is 12.0 Å². The average Bonchev–Trinajstić information content (AvgIpc) is 2.85. The Hall–Kier alpha value is -1.88. The zero-order chi connectivity index (χ0) is 15.2. The minimum atomic E-state index is -0.569. The van der Waals surface area contributed by atoms with Gasteiger partial charge < -0.3 is 15.3 Å². The minimum absolute atomic E-state index is 0.0307. The molecular formula is C16H22N2O3. The Bertz CT molecular complexity index is 488. The molecule has 2 amide bonds. The molecule has 0 radical (unpaired) electrons. The molecule has 0 spiro atoms. The summed E-state index contributed by atoms with van der Waals surface area (Å²) in [4.78, 5) is 25.6. The number of carbonyl (C=O) groups excluding carboxylic acids is 2. The molecule has 2 rings (SSSR count). The predicted molar refractivity (Wildman–Crippen MR) is 79.5 cm³/mol. The lowest BCUT2D eigenvalue weighted by molar-refractivity contribution is -0.129. The van der Waals surface area contributed by atoms with Crippen molar-refractivity contribution in [3.8, 4) is 0 Å². The summed E-state index contributed by atoms with van der Waals surface area (Å²) in [7, 11) is 0. The molecule has 1 heterocycles. The van der Waals surface area contributed by atoms with Gasteiger partial charge in [0.1, 0.15) is 0 Å². The van der Waals surface area contributed by atoms with E-state index < -0.39 is 6.10 Å². The summed E-state index contributed by atoms with van der Waals surface area (Å²) in [5.41, 5.74) is 1.19. The molecule has 1 aliphatic rings. The first-order valence-corrected chi connectivity index (χ1v) is 7.33. The number of rotatable bonds is 6. The summed E-state index contributed by atoms with van der Waals surface area (Å²) < 4.78 is 0. The molecule has 2 N–H and O–H groups in total. The van der Waals surface area contributed by atoms with E-state index in [9.17, 15) is 9.59 Å². The molecule has 2 unspecified atom stereocenters. The monoisotopic (exact) mass is 290 g/mol. The van der Waals surface area contributed by atoms with Crippen LogP contribution in [0.4, 0.5) is 0 Å². The van der Waals surface area contributed by atoms with Crippen LogP contribution in [-0.4, -0.2) is 47.6 Å². The number of nitrogens with one attached hydrogen (secondary N) is 1. The molecule has 1 aromatic carbocycles. The molecule has 0 saturated carbocycles. The van der Waals surface area contributed by atoms with E-state index in [4.69, 9.17) is 5.11 Å². The number of hydrogen-bond donors (Lipinski definition) is 2. The Morgan fingerprint density at radius 3 is 2.81 bits per heavy atom. The summed E-state index contributed by atoms with van der Waals surface area (Å²) in [6.07, 6.45) is 0.495. The Balaban J connectivity index is 1.81. The second-order valence-corrected chi connectivity index (χ2v) is 5.57. The van der Waals surface area contributed by atoms with Crippen molar-refractivity contribution in [3.63, 3.8) is 0 Å². The zero-order valence-electron chi connectivity index (χ0n) is 12.3. The van der Waals surface area contributed by atoms with Crippen LogP contribution in [0.5, 0.6) is 0 Å². The molecular weight excluding hydrogens is 268 g/mol. The van der Waals surface area contributed by atoms with Crippen molar-refractivity contribution in [3.05, 3.63) is 35.9 Å². The first-order valence-electron chi connectivity index (χ1n) is 7.33. The van der Waals surface area contributed by atoms with Crippen molar-refractivity contribution < 1.29 is 14.7 Å². The van der Waals surface area contributed by atoms with Crippen LogP contribution in [0.1, 0.15) is 18.9 Å². The molecule has 1 saturated heterocycles. The molecule has 5 heteroatoms. The highest BCUT2D eigenvalue weighted by Crippen LogP contribution is 2.18. The predicted octanol–water partition coefficient (Wildman–Crippen LogP) is 0.575. The van der Waals surface area contributed by atoms with Gasteiger partial charge in [0.2, 0.25) is 11.8 Å². The fourth-order valence-corrected chi connectivity index (χ4v) is 2.47. The minimum Gasteiger partial charge on any atom is -0.392 e. The molecule has 5 nitrogen and oxygen atoms in total. The van der Waals surface area contributed by atoms with Gasteiger partial charge in [0.25, 0.3) is 0 Å². The highest BCUT2D eigenvalue weighted by Gasteiger charge is 2.33. The van der Waals surface area contributed by atoms with Gasteiger partial charge in [0, 0.05) is 26.1 Å². The first kappa shape index (κ1) is 15.5. The van der Waals surface area contributed by atoms with E-state index >= 15 is 0 Å². The Morgan fingerprint density at radius 1 is 1.43 bits per heavy atom. The molecule has 0 aliphatic carbocycles. The topological polar surface area (TPSA) is 69.6 Å². The highest BCUT2D eigenvalue weighted by molar-refractivity contribution is 5.89.